The third-order valence-corrected chi connectivity index (χ3v) is 3.78. The Bertz CT molecular complexity index is 585. The lowest BCUT2D eigenvalue weighted by molar-refractivity contribution is 0.571. The van der Waals surface area contributed by atoms with Gasteiger partial charge in [-0.05, 0) is 40.5 Å². The van der Waals surface area contributed by atoms with Crippen molar-refractivity contribution in [3.8, 4) is 0 Å². The van der Waals surface area contributed by atoms with Crippen molar-refractivity contribution in [2.45, 2.75) is 33.1 Å². The Hall–Kier alpha value is -0.600. The number of hydrogen-bond donors (Lipinski definition) is 0. The van der Waals surface area contributed by atoms with Crippen molar-refractivity contribution < 1.29 is 0 Å². The predicted molar refractivity (Wildman–Crippen MR) is 77.9 cm³/mol. The maximum Gasteiger partial charge on any atom is 0.0865 e. The van der Waals surface area contributed by atoms with Gasteiger partial charge in [-0.25, -0.2) is 0 Å². The van der Waals surface area contributed by atoms with Gasteiger partial charge in [-0.15, -0.1) is 0 Å². The normalized spacial score (nSPS) is 12.1. The summed E-state index contributed by atoms with van der Waals surface area (Å²) >= 11 is 9.93. The lowest BCUT2D eigenvalue weighted by atomic mass is 9.91. The zero-order valence-corrected chi connectivity index (χ0v) is 12.8. The second-order valence-corrected chi connectivity index (χ2v) is 6.59. The number of pyridine rings is 1. The van der Waals surface area contributed by atoms with Gasteiger partial charge in [0, 0.05) is 21.0 Å². The molecule has 0 radical (unpaired) electrons. The van der Waals surface area contributed by atoms with Crippen LogP contribution >= 0.6 is 27.5 Å². The van der Waals surface area contributed by atoms with Crippen LogP contribution in [0, 0.1) is 6.92 Å². The summed E-state index contributed by atoms with van der Waals surface area (Å²) in [6, 6.07) is 6.05. The maximum absolute atomic E-state index is 6.38. The molecule has 0 spiro atoms. The molecule has 0 atom stereocenters. The maximum atomic E-state index is 6.38. The number of hydrogen-bond acceptors (Lipinski definition) is 1. The molecule has 1 heterocycles. The second-order valence-electron chi connectivity index (χ2n) is 5.33. The largest absolute Gasteiger partial charge is 0.251 e. The van der Waals surface area contributed by atoms with Gasteiger partial charge in [0.2, 0.25) is 0 Å². The van der Waals surface area contributed by atoms with Crippen LogP contribution in [0.2, 0.25) is 5.02 Å². The van der Waals surface area contributed by atoms with Gasteiger partial charge >= 0.3 is 0 Å². The van der Waals surface area contributed by atoms with E-state index in [-0.39, 0.29) is 5.41 Å². The summed E-state index contributed by atoms with van der Waals surface area (Å²) in [5.41, 5.74) is 3.12. The molecule has 0 saturated heterocycles. The Balaban J connectivity index is 2.87. The van der Waals surface area contributed by atoms with Gasteiger partial charge < -0.3 is 0 Å². The molecular formula is C14H15BrClN. The van der Waals surface area contributed by atoms with Crippen LogP contribution < -0.4 is 0 Å². The topological polar surface area (TPSA) is 12.9 Å². The van der Waals surface area contributed by atoms with E-state index in [1.165, 1.54) is 0 Å². The van der Waals surface area contributed by atoms with Crippen molar-refractivity contribution in [1.82, 2.24) is 4.98 Å². The molecule has 3 heteroatoms. The number of halogens is 2. The highest BCUT2D eigenvalue weighted by Crippen LogP contribution is 2.34. The highest BCUT2D eigenvalue weighted by atomic mass is 79.9. The first-order chi connectivity index (χ1) is 7.80. The molecule has 2 aromatic rings. The van der Waals surface area contributed by atoms with Gasteiger partial charge in [-0.1, -0.05) is 38.4 Å². The van der Waals surface area contributed by atoms with Gasteiger partial charge in [-0.3, -0.25) is 4.98 Å². The minimum Gasteiger partial charge on any atom is -0.251 e. The monoisotopic (exact) mass is 311 g/mol. The van der Waals surface area contributed by atoms with Crippen LogP contribution in [-0.4, -0.2) is 4.98 Å². The molecule has 17 heavy (non-hydrogen) atoms. The molecule has 0 saturated carbocycles. The van der Waals surface area contributed by atoms with Gasteiger partial charge in [0.25, 0.3) is 0 Å². The molecule has 0 aliphatic carbocycles. The standard InChI is InChI=1S/C14H15BrClN/c1-8-5-6-9(15)13-12(8)10(16)7-11(17-13)14(2,3)4/h5-7H,1-4H3. The fourth-order valence-corrected chi connectivity index (χ4v) is 2.57. The summed E-state index contributed by atoms with van der Waals surface area (Å²) < 4.78 is 0.992. The van der Waals surface area contributed by atoms with Crippen LogP contribution in [0.15, 0.2) is 22.7 Å². The molecule has 0 bridgehead atoms. The van der Waals surface area contributed by atoms with Gasteiger partial charge in [0.1, 0.15) is 0 Å². The summed E-state index contributed by atoms with van der Waals surface area (Å²) in [5, 5.41) is 1.81. The first-order valence-corrected chi connectivity index (χ1v) is 6.73. The van der Waals surface area contributed by atoms with E-state index < -0.39 is 0 Å². The van der Waals surface area contributed by atoms with Crippen molar-refractivity contribution >= 4 is 38.4 Å². The van der Waals surface area contributed by atoms with Crippen LogP contribution in [0.4, 0.5) is 0 Å². The molecule has 0 fully saturated rings. The molecule has 2 rings (SSSR count). The van der Waals surface area contributed by atoms with E-state index in [1.807, 2.05) is 12.1 Å². The summed E-state index contributed by atoms with van der Waals surface area (Å²) in [6.45, 7) is 8.47. The van der Waals surface area contributed by atoms with E-state index in [0.717, 1.165) is 31.7 Å². The summed E-state index contributed by atoms with van der Waals surface area (Å²) in [4.78, 5) is 4.74. The second kappa shape index (κ2) is 4.25. The number of benzene rings is 1. The Morgan fingerprint density at radius 3 is 2.47 bits per heavy atom. The van der Waals surface area contributed by atoms with Gasteiger partial charge in [0.15, 0.2) is 0 Å². The number of aromatic nitrogens is 1. The average molecular weight is 313 g/mol. The molecule has 1 aromatic carbocycles. The lowest BCUT2D eigenvalue weighted by Gasteiger charge is -2.19. The molecule has 0 unspecified atom stereocenters. The van der Waals surface area contributed by atoms with Crippen LogP contribution in [0.5, 0.6) is 0 Å². The number of nitrogens with zero attached hydrogens (tertiary/aromatic N) is 1. The van der Waals surface area contributed by atoms with Crippen molar-refractivity contribution in [2.24, 2.45) is 0 Å². The molecule has 0 amide bonds. The van der Waals surface area contributed by atoms with E-state index in [4.69, 9.17) is 16.6 Å². The summed E-state index contributed by atoms with van der Waals surface area (Å²) in [7, 11) is 0. The number of fused-ring (bicyclic) bond motifs is 1. The zero-order chi connectivity index (χ0) is 12.8. The Morgan fingerprint density at radius 1 is 1.24 bits per heavy atom. The first kappa shape index (κ1) is 12.8. The lowest BCUT2D eigenvalue weighted by Crippen LogP contribution is -2.13. The van der Waals surface area contributed by atoms with E-state index in [0.29, 0.717) is 0 Å². The number of aryl methyl sites for hydroxylation is 1. The van der Waals surface area contributed by atoms with Crippen LogP contribution in [0.1, 0.15) is 32.0 Å². The summed E-state index contributed by atoms with van der Waals surface area (Å²) in [6.07, 6.45) is 0. The van der Waals surface area contributed by atoms with Crippen molar-refractivity contribution in [1.29, 1.82) is 0 Å². The van der Waals surface area contributed by atoms with Crippen molar-refractivity contribution in [3.63, 3.8) is 0 Å². The highest BCUT2D eigenvalue weighted by Gasteiger charge is 2.18. The molecule has 1 nitrogen and oxygen atoms in total. The molecule has 1 aromatic heterocycles. The quantitative estimate of drug-likeness (QED) is 0.647. The van der Waals surface area contributed by atoms with Crippen LogP contribution in [0.3, 0.4) is 0 Å². The molecule has 90 valence electrons. The van der Waals surface area contributed by atoms with E-state index >= 15 is 0 Å². The van der Waals surface area contributed by atoms with Crippen LogP contribution in [-0.2, 0) is 5.41 Å². The van der Waals surface area contributed by atoms with Crippen molar-refractivity contribution in [2.75, 3.05) is 0 Å². The average Bonchev–Trinajstić information content (AvgIpc) is 2.21. The smallest absolute Gasteiger partial charge is 0.0865 e. The minimum absolute atomic E-state index is 0.00101. The van der Waals surface area contributed by atoms with Crippen molar-refractivity contribution in [3.05, 3.63) is 39.0 Å². The fraction of sp³-hybridized carbons (Fsp3) is 0.357. The van der Waals surface area contributed by atoms with E-state index in [1.54, 1.807) is 0 Å². The molecule has 0 aliphatic heterocycles. The number of rotatable bonds is 0. The Kier molecular flexibility index (Phi) is 3.21. The third kappa shape index (κ3) is 2.34. The minimum atomic E-state index is 0.00101. The summed E-state index contributed by atoms with van der Waals surface area (Å²) in [5.74, 6) is 0. The van der Waals surface area contributed by atoms with Crippen LogP contribution in [0.25, 0.3) is 10.9 Å². The first-order valence-electron chi connectivity index (χ1n) is 5.56. The third-order valence-electron chi connectivity index (χ3n) is 2.84. The van der Waals surface area contributed by atoms with E-state index in [2.05, 4.69) is 49.7 Å². The Morgan fingerprint density at radius 2 is 1.88 bits per heavy atom. The zero-order valence-electron chi connectivity index (χ0n) is 10.4. The Labute approximate surface area is 115 Å². The molecule has 0 N–H and O–H groups in total. The highest BCUT2D eigenvalue weighted by molar-refractivity contribution is 9.10. The van der Waals surface area contributed by atoms with Gasteiger partial charge in [-0.2, -0.15) is 0 Å². The fourth-order valence-electron chi connectivity index (χ4n) is 1.81. The van der Waals surface area contributed by atoms with Gasteiger partial charge in [0.05, 0.1) is 10.5 Å². The SMILES string of the molecule is Cc1ccc(Br)c2nc(C(C)(C)C)cc(Cl)c12. The van der Waals surface area contributed by atoms with E-state index in [9.17, 15) is 0 Å². The molecular weight excluding hydrogens is 298 g/mol. The molecule has 0 aliphatic rings. The predicted octanol–water partition coefficient (Wildman–Crippen LogP) is 5.26.